The number of pyridine rings is 1. The predicted molar refractivity (Wildman–Crippen MR) is 109 cm³/mol. The van der Waals surface area contributed by atoms with E-state index in [1.54, 1.807) is 11.6 Å². The maximum absolute atomic E-state index is 13.5. The summed E-state index contributed by atoms with van der Waals surface area (Å²) in [5.41, 5.74) is 3.32. The lowest BCUT2D eigenvalue weighted by atomic mass is 9.82. The van der Waals surface area contributed by atoms with Gasteiger partial charge in [-0.25, -0.2) is 0 Å². The van der Waals surface area contributed by atoms with E-state index in [0.717, 1.165) is 27.8 Å². The summed E-state index contributed by atoms with van der Waals surface area (Å²) >= 11 is 0. The zero-order valence-electron chi connectivity index (χ0n) is 17.2. The Morgan fingerprint density at radius 3 is 2.48 bits per heavy atom. The van der Waals surface area contributed by atoms with Gasteiger partial charge in [0.25, 0.3) is 5.56 Å². The summed E-state index contributed by atoms with van der Waals surface area (Å²) < 4.78 is 36.8. The number of rotatable bonds is 0. The van der Waals surface area contributed by atoms with Crippen molar-refractivity contribution in [3.05, 3.63) is 45.7 Å². The van der Waals surface area contributed by atoms with Gasteiger partial charge in [0.05, 0.1) is 11.1 Å². The average Bonchev–Trinajstić information content (AvgIpc) is 3.46. The largest absolute Gasteiger partial charge is 0.454 e. The monoisotopic (exact) mass is 421 g/mol. The molecule has 0 N–H and O–H groups in total. The molecule has 0 unspecified atom stereocenters. The van der Waals surface area contributed by atoms with E-state index in [0.29, 0.717) is 28.4 Å². The Hall–Kier alpha value is -3.23. The molecule has 2 atom stereocenters. The summed E-state index contributed by atoms with van der Waals surface area (Å²) in [6.07, 6.45) is -0.745. The predicted octanol–water partition coefficient (Wildman–Crippen LogP) is 3.54. The lowest BCUT2D eigenvalue weighted by Gasteiger charge is -2.31. The Kier molecular flexibility index (Phi) is 3.11. The first-order chi connectivity index (χ1) is 14.9. The van der Waals surface area contributed by atoms with Crippen molar-refractivity contribution in [1.29, 1.82) is 0 Å². The Morgan fingerprint density at radius 2 is 1.65 bits per heavy atom. The second kappa shape index (κ2) is 5.52. The van der Waals surface area contributed by atoms with Crippen LogP contribution in [0.5, 0.6) is 23.0 Å². The quantitative estimate of drug-likeness (QED) is 0.549. The first kappa shape index (κ1) is 17.5. The van der Waals surface area contributed by atoms with E-state index in [2.05, 4.69) is 0 Å². The van der Waals surface area contributed by atoms with Crippen LogP contribution in [0, 0.1) is 0 Å². The van der Waals surface area contributed by atoms with Gasteiger partial charge in [-0.1, -0.05) is 0 Å². The van der Waals surface area contributed by atoms with Gasteiger partial charge in [-0.2, -0.15) is 0 Å². The summed E-state index contributed by atoms with van der Waals surface area (Å²) in [6, 6.07) is 7.62. The van der Waals surface area contributed by atoms with Gasteiger partial charge < -0.3 is 33.0 Å². The molecular formula is C23H19NO7. The molecule has 0 radical (unpaired) electrons. The smallest absolute Gasteiger partial charge is 0.262 e. The zero-order chi connectivity index (χ0) is 21.1. The van der Waals surface area contributed by atoms with Crippen molar-refractivity contribution in [3.8, 4) is 34.3 Å². The molecule has 4 aliphatic rings. The molecule has 1 aliphatic carbocycles. The second-order valence-corrected chi connectivity index (χ2v) is 8.62. The van der Waals surface area contributed by atoms with Crippen LogP contribution in [0.4, 0.5) is 0 Å². The minimum absolute atomic E-state index is 0.0969. The molecule has 2 aromatic carbocycles. The van der Waals surface area contributed by atoms with E-state index in [9.17, 15) is 4.79 Å². The highest BCUT2D eigenvalue weighted by Gasteiger charge is 2.49. The molecule has 0 saturated carbocycles. The van der Waals surface area contributed by atoms with Crippen LogP contribution in [0.1, 0.15) is 37.2 Å². The van der Waals surface area contributed by atoms with Gasteiger partial charge in [-0.05, 0) is 49.1 Å². The number of fused-ring (bicyclic) bond motifs is 11. The van der Waals surface area contributed by atoms with Gasteiger partial charge in [0.2, 0.25) is 13.6 Å². The lowest BCUT2D eigenvalue weighted by Crippen LogP contribution is -2.26. The van der Waals surface area contributed by atoms with Gasteiger partial charge in [-0.3, -0.25) is 4.79 Å². The minimum Gasteiger partial charge on any atom is -0.454 e. The fraction of sp³-hybridized carbons (Fsp3) is 0.348. The van der Waals surface area contributed by atoms with Crippen molar-refractivity contribution in [1.82, 2.24) is 4.57 Å². The maximum atomic E-state index is 13.5. The standard InChI is InChI=1S/C23H19NO7/c1-23(2)30-19-12-7-15-14(27-8-28-15)6-11(12)18-16(21(19)31-23)10-4-5-13-20(29-9-26-13)17(10)22(25)24(18)3/h4-7,19,21H,8-9H2,1-3H3/t19-,21+/m0/s1. The van der Waals surface area contributed by atoms with Crippen LogP contribution in [0.15, 0.2) is 29.1 Å². The molecule has 31 heavy (non-hydrogen) atoms. The molecule has 158 valence electrons. The number of ether oxygens (including phenoxy) is 6. The van der Waals surface area contributed by atoms with Gasteiger partial charge in [0.15, 0.2) is 28.8 Å². The highest BCUT2D eigenvalue weighted by molar-refractivity contribution is 5.97. The van der Waals surface area contributed by atoms with Crippen LogP contribution in [0.2, 0.25) is 0 Å². The first-order valence-corrected chi connectivity index (χ1v) is 10.2. The third-order valence-corrected chi connectivity index (χ3v) is 6.43. The number of benzene rings is 2. The van der Waals surface area contributed by atoms with E-state index in [1.165, 1.54) is 0 Å². The van der Waals surface area contributed by atoms with E-state index >= 15 is 0 Å². The van der Waals surface area contributed by atoms with Gasteiger partial charge in [-0.15, -0.1) is 0 Å². The zero-order valence-corrected chi connectivity index (χ0v) is 17.2. The number of aromatic nitrogens is 1. The number of hydrogen-bond donors (Lipinski definition) is 0. The van der Waals surface area contributed by atoms with Crippen LogP contribution < -0.4 is 24.5 Å². The summed E-state index contributed by atoms with van der Waals surface area (Å²) in [5, 5.41) is 1.27. The molecule has 8 heteroatoms. The summed E-state index contributed by atoms with van der Waals surface area (Å²) in [5.74, 6) is 1.58. The summed E-state index contributed by atoms with van der Waals surface area (Å²) in [7, 11) is 1.77. The average molecular weight is 421 g/mol. The topological polar surface area (TPSA) is 77.4 Å². The van der Waals surface area contributed by atoms with Crippen molar-refractivity contribution in [2.24, 2.45) is 7.05 Å². The van der Waals surface area contributed by atoms with E-state index in [1.807, 2.05) is 38.1 Å². The molecule has 0 bridgehead atoms. The minimum atomic E-state index is -0.790. The molecule has 1 fully saturated rings. The third kappa shape index (κ3) is 2.13. The van der Waals surface area contributed by atoms with Gasteiger partial charge in [0.1, 0.15) is 12.2 Å². The van der Waals surface area contributed by atoms with Gasteiger partial charge in [0, 0.05) is 18.2 Å². The Labute approximate surface area is 176 Å². The molecule has 3 aromatic rings. The molecule has 7 rings (SSSR count). The third-order valence-electron chi connectivity index (χ3n) is 6.43. The highest BCUT2D eigenvalue weighted by atomic mass is 16.8. The molecule has 3 aliphatic heterocycles. The van der Waals surface area contributed by atoms with Crippen molar-refractivity contribution < 1.29 is 28.4 Å². The van der Waals surface area contributed by atoms with Crippen molar-refractivity contribution in [2.75, 3.05) is 13.6 Å². The molecular weight excluding hydrogens is 402 g/mol. The maximum Gasteiger partial charge on any atom is 0.262 e. The molecule has 4 heterocycles. The van der Waals surface area contributed by atoms with E-state index in [4.69, 9.17) is 28.4 Å². The van der Waals surface area contributed by atoms with Crippen molar-refractivity contribution in [2.45, 2.75) is 31.8 Å². The van der Waals surface area contributed by atoms with Crippen LogP contribution >= 0.6 is 0 Å². The van der Waals surface area contributed by atoms with Crippen LogP contribution in [0.25, 0.3) is 22.0 Å². The summed E-state index contributed by atoms with van der Waals surface area (Å²) in [4.78, 5) is 13.5. The van der Waals surface area contributed by atoms with Crippen molar-refractivity contribution in [3.63, 3.8) is 0 Å². The van der Waals surface area contributed by atoms with Crippen LogP contribution in [0.3, 0.4) is 0 Å². The highest BCUT2D eigenvalue weighted by Crippen LogP contribution is 2.58. The second-order valence-electron chi connectivity index (χ2n) is 8.62. The molecule has 1 saturated heterocycles. The van der Waals surface area contributed by atoms with Crippen LogP contribution in [-0.4, -0.2) is 23.9 Å². The SMILES string of the molecule is Cn1c2c(c3ccc4c(c3c1=O)OCO4)[C@H]1OC(C)(C)O[C@H]1c1cc3c(cc1-2)OCO3. The van der Waals surface area contributed by atoms with E-state index in [-0.39, 0.29) is 25.2 Å². The normalized spacial score (nSPS) is 23.6. The van der Waals surface area contributed by atoms with E-state index < -0.39 is 11.9 Å². The number of nitrogens with zero attached hydrogens (tertiary/aromatic N) is 1. The fourth-order valence-electron chi connectivity index (χ4n) is 5.20. The fourth-order valence-corrected chi connectivity index (χ4v) is 5.20. The lowest BCUT2D eigenvalue weighted by molar-refractivity contribution is -0.147. The number of hydrogen-bond acceptors (Lipinski definition) is 7. The molecule has 0 amide bonds. The molecule has 1 aromatic heterocycles. The van der Waals surface area contributed by atoms with Crippen LogP contribution in [-0.2, 0) is 16.5 Å². The van der Waals surface area contributed by atoms with Crippen molar-refractivity contribution >= 4 is 10.8 Å². The molecule has 8 nitrogen and oxygen atoms in total. The first-order valence-electron chi connectivity index (χ1n) is 10.2. The Balaban J connectivity index is 1.64. The molecule has 0 spiro atoms. The van der Waals surface area contributed by atoms with Gasteiger partial charge >= 0.3 is 0 Å². The Bertz CT molecular complexity index is 1370. The summed E-state index contributed by atoms with van der Waals surface area (Å²) in [6.45, 7) is 4.06. The Morgan fingerprint density at radius 1 is 0.935 bits per heavy atom.